The van der Waals surface area contributed by atoms with E-state index in [9.17, 15) is 0 Å². The molecule has 0 bridgehead atoms. The Morgan fingerprint density at radius 1 is 1.05 bits per heavy atom. The van der Waals surface area contributed by atoms with Crippen LogP contribution in [0.4, 0.5) is 0 Å². The molecule has 0 aliphatic rings. The Balaban J connectivity index is 2.14. The molecular formula is C15H11Cl2NO2. The highest BCUT2D eigenvalue weighted by Crippen LogP contribution is 2.29. The molecule has 0 saturated heterocycles. The predicted octanol–water partition coefficient (Wildman–Crippen LogP) is 4.45. The molecule has 2 rings (SSSR count). The second-order valence-electron chi connectivity index (χ2n) is 4.01. The summed E-state index contributed by atoms with van der Waals surface area (Å²) in [4.78, 5) is 0. The molecule has 0 fully saturated rings. The topological polar surface area (TPSA) is 42.2 Å². The van der Waals surface area contributed by atoms with Gasteiger partial charge in [0.1, 0.15) is 6.61 Å². The minimum Gasteiger partial charge on any atom is -0.493 e. The number of hydrogen-bond acceptors (Lipinski definition) is 3. The van der Waals surface area contributed by atoms with E-state index < -0.39 is 0 Å². The molecule has 0 unspecified atom stereocenters. The van der Waals surface area contributed by atoms with Crippen LogP contribution >= 0.6 is 23.2 Å². The molecule has 102 valence electrons. The molecule has 0 amide bonds. The molecule has 0 radical (unpaired) electrons. The number of nitriles is 1. The summed E-state index contributed by atoms with van der Waals surface area (Å²) in [5.41, 5.74) is 1.41. The maximum atomic E-state index is 8.84. The number of ether oxygens (including phenoxy) is 2. The first-order valence-electron chi connectivity index (χ1n) is 5.79. The monoisotopic (exact) mass is 307 g/mol. The van der Waals surface area contributed by atoms with E-state index in [4.69, 9.17) is 37.9 Å². The zero-order valence-electron chi connectivity index (χ0n) is 10.7. The third kappa shape index (κ3) is 3.36. The zero-order valence-corrected chi connectivity index (χ0v) is 12.2. The second kappa shape index (κ2) is 6.51. The van der Waals surface area contributed by atoms with Crippen molar-refractivity contribution in [2.24, 2.45) is 0 Å². The summed E-state index contributed by atoms with van der Waals surface area (Å²) < 4.78 is 10.9. The highest BCUT2D eigenvalue weighted by molar-refractivity contribution is 6.42. The van der Waals surface area contributed by atoms with Crippen LogP contribution in [-0.2, 0) is 6.61 Å². The molecule has 0 spiro atoms. The second-order valence-corrected chi connectivity index (χ2v) is 4.83. The van der Waals surface area contributed by atoms with Gasteiger partial charge in [-0.3, -0.25) is 0 Å². The lowest BCUT2D eigenvalue weighted by Crippen LogP contribution is -1.98. The van der Waals surface area contributed by atoms with Crippen LogP contribution in [0.3, 0.4) is 0 Å². The molecule has 0 saturated carbocycles. The van der Waals surface area contributed by atoms with Gasteiger partial charge in [-0.25, -0.2) is 0 Å². The molecule has 2 aromatic carbocycles. The molecule has 0 aromatic heterocycles. The smallest absolute Gasteiger partial charge is 0.162 e. The summed E-state index contributed by atoms with van der Waals surface area (Å²) in [6.07, 6.45) is 0. The van der Waals surface area contributed by atoms with Gasteiger partial charge < -0.3 is 9.47 Å². The Morgan fingerprint density at radius 2 is 1.85 bits per heavy atom. The van der Waals surface area contributed by atoms with Crippen LogP contribution in [0, 0.1) is 11.3 Å². The number of rotatable bonds is 4. The first kappa shape index (κ1) is 14.5. The van der Waals surface area contributed by atoms with Gasteiger partial charge in [0.25, 0.3) is 0 Å². The highest BCUT2D eigenvalue weighted by atomic mass is 35.5. The fraction of sp³-hybridized carbons (Fsp3) is 0.133. The summed E-state index contributed by atoms with van der Waals surface area (Å²) >= 11 is 11.8. The van der Waals surface area contributed by atoms with Gasteiger partial charge in [-0.15, -0.1) is 0 Å². The molecule has 0 N–H and O–H groups in total. The molecule has 3 nitrogen and oxygen atoms in total. The summed E-state index contributed by atoms with van der Waals surface area (Å²) in [5.74, 6) is 1.08. The van der Waals surface area contributed by atoms with Crippen molar-refractivity contribution in [3.8, 4) is 17.6 Å². The van der Waals surface area contributed by atoms with Gasteiger partial charge in [0.05, 0.1) is 28.8 Å². The van der Waals surface area contributed by atoms with Gasteiger partial charge in [-0.2, -0.15) is 5.26 Å². The SMILES string of the molecule is COc1cc(C#N)ccc1OCc1ccc(Cl)c(Cl)c1. The quantitative estimate of drug-likeness (QED) is 0.838. The first-order chi connectivity index (χ1) is 9.63. The van der Waals surface area contributed by atoms with E-state index in [1.165, 1.54) is 7.11 Å². The van der Waals surface area contributed by atoms with Crippen LogP contribution < -0.4 is 9.47 Å². The average Bonchev–Trinajstić information content (AvgIpc) is 2.48. The molecule has 20 heavy (non-hydrogen) atoms. The minimum atomic E-state index is 0.332. The Labute approximate surface area is 127 Å². The summed E-state index contributed by atoms with van der Waals surface area (Å²) in [6.45, 7) is 0.332. The van der Waals surface area contributed by atoms with Crippen molar-refractivity contribution >= 4 is 23.2 Å². The fourth-order valence-corrected chi connectivity index (χ4v) is 1.97. The molecule has 0 aliphatic heterocycles. The van der Waals surface area contributed by atoms with E-state index in [-0.39, 0.29) is 0 Å². The zero-order chi connectivity index (χ0) is 14.5. The van der Waals surface area contributed by atoms with Crippen molar-refractivity contribution in [2.45, 2.75) is 6.61 Å². The summed E-state index contributed by atoms with van der Waals surface area (Å²) in [5, 5.41) is 9.83. The largest absolute Gasteiger partial charge is 0.493 e. The van der Waals surface area contributed by atoms with Crippen molar-refractivity contribution in [1.29, 1.82) is 5.26 Å². The van der Waals surface area contributed by atoms with Crippen LogP contribution in [0.25, 0.3) is 0 Å². The lowest BCUT2D eigenvalue weighted by molar-refractivity contribution is 0.284. The Bertz CT molecular complexity index is 665. The van der Waals surface area contributed by atoms with E-state index in [2.05, 4.69) is 0 Å². The Hall–Kier alpha value is -1.89. The van der Waals surface area contributed by atoms with E-state index in [1.807, 2.05) is 12.1 Å². The van der Waals surface area contributed by atoms with E-state index >= 15 is 0 Å². The average molecular weight is 308 g/mol. The van der Waals surface area contributed by atoms with Gasteiger partial charge >= 0.3 is 0 Å². The van der Waals surface area contributed by atoms with Crippen LogP contribution in [0.5, 0.6) is 11.5 Å². The van der Waals surface area contributed by atoms with Gasteiger partial charge in [0.2, 0.25) is 0 Å². The summed E-state index contributed by atoms with van der Waals surface area (Å²) in [7, 11) is 1.53. The highest BCUT2D eigenvalue weighted by Gasteiger charge is 2.07. The van der Waals surface area contributed by atoms with Crippen molar-refractivity contribution in [2.75, 3.05) is 7.11 Å². The standard InChI is InChI=1S/C15H11Cl2NO2/c1-19-15-7-10(8-18)3-5-14(15)20-9-11-2-4-12(16)13(17)6-11/h2-7H,9H2,1H3. The number of hydrogen-bond donors (Lipinski definition) is 0. The van der Waals surface area contributed by atoms with Crippen molar-refractivity contribution < 1.29 is 9.47 Å². The Kier molecular flexibility index (Phi) is 4.73. The number of methoxy groups -OCH3 is 1. The van der Waals surface area contributed by atoms with Crippen molar-refractivity contribution in [3.05, 3.63) is 57.6 Å². The Morgan fingerprint density at radius 3 is 2.50 bits per heavy atom. The number of halogens is 2. The number of benzene rings is 2. The minimum absolute atomic E-state index is 0.332. The van der Waals surface area contributed by atoms with E-state index in [1.54, 1.807) is 30.3 Å². The lowest BCUT2D eigenvalue weighted by atomic mass is 10.2. The van der Waals surface area contributed by atoms with Gasteiger partial charge in [0, 0.05) is 6.07 Å². The van der Waals surface area contributed by atoms with Crippen LogP contribution in [0.2, 0.25) is 10.0 Å². The van der Waals surface area contributed by atoms with E-state index in [0.717, 1.165) is 5.56 Å². The van der Waals surface area contributed by atoms with Gasteiger partial charge in [-0.1, -0.05) is 29.3 Å². The van der Waals surface area contributed by atoms with Gasteiger partial charge in [-0.05, 0) is 29.8 Å². The third-order valence-corrected chi connectivity index (χ3v) is 3.41. The molecule has 0 atom stereocenters. The van der Waals surface area contributed by atoms with Crippen LogP contribution in [-0.4, -0.2) is 7.11 Å². The predicted molar refractivity (Wildman–Crippen MR) is 78.5 cm³/mol. The van der Waals surface area contributed by atoms with Crippen molar-refractivity contribution in [1.82, 2.24) is 0 Å². The molecule has 5 heteroatoms. The number of nitrogens with zero attached hydrogens (tertiary/aromatic N) is 1. The lowest BCUT2D eigenvalue weighted by Gasteiger charge is -2.11. The first-order valence-corrected chi connectivity index (χ1v) is 6.54. The molecule has 0 aliphatic carbocycles. The van der Waals surface area contributed by atoms with Gasteiger partial charge in [0.15, 0.2) is 11.5 Å². The maximum absolute atomic E-state index is 8.84. The molecule has 2 aromatic rings. The summed E-state index contributed by atoms with van der Waals surface area (Å²) in [6, 6.07) is 12.4. The van der Waals surface area contributed by atoms with Crippen LogP contribution in [0.15, 0.2) is 36.4 Å². The normalized spacial score (nSPS) is 9.90. The third-order valence-electron chi connectivity index (χ3n) is 2.67. The fourth-order valence-electron chi connectivity index (χ4n) is 1.65. The van der Waals surface area contributed by atoms with E-state index in [0.29, 0.717) is 33.7 Å². The van der Waals surface area contributed by atoms with Crippen molar-refractivity contribution in [3.63, 3.8) is 0 Å². The van der Waals surface area contributed by atoms with Crippen LogP contribution in [0.1, 0.15) is 11.1 Å². The maximum Gasteiger partial charge on any atom is 0.162 e. The molecule has 0 heterocycles. The molecular weight excluding hydrogens is 297 g/mol.